The van der Waals surface area contributed by atoms with Gasteiger partial charge in [0.1, 0.15) is 12.4 Å². The van der Waals surface area contributed by atoms with E-state index in [-0.39, 0.29) is 24.4 Å². The molecule has 4 rings (SSSR count). The molecule has 0 bridgehead atoms. The van der Waals surface area contributed by atoms with Crippen LogP contribution in [0.3, 0.4) is 0 Å². The number of amides is 2. The number of nitrogens with zero attached hydrogens (tertiary/aromatic N) is 2. The smallest absolute Gasteiger partial charge is 0.251 e. The Balaban J connectivity index is 1.58. The number of hydrogen-bond acceptors (Lipinski definition) is 3. The molecule has 0 saturated carbocycles. The van der Waals surface area contributed by atoms with Crippen LogP contribution < -0.4 is 10.6 Å². The number of carbonyl (C=O) groups is 2. The zero-order chi connectivity index (χ0) is 21.8. The van der Waals surface area contributed by atoms with E-state index in [4.69, 9.17) is 4.98 Å². The van der Waals surface area contributed by atoms with Crippen molar-refractivity contribution in [1.82, 2.24) is 14.9 Å². The largest absolute Gasteiger partial charge is 0.342 e. The molecule has 1 unspecified atom stereocenters. The average molecular weight is 412 g/mol. The quantitative estimate of drug-likeness (QED) is 0.490. The zero-order valence-corrected chi connectivity index (χ0v) is 17.5. The molecule has 4 aromatic rings. The van der Waals surface area contributed by atoms with Crippen LogP contribution in [0.25, 0.3) is 11.0 Å². The van der Waals surface area contributed by atoms with Gasteiger partial charge in [-0.2, -0.15) is 0 Å². The van der Waals surface area contributed by atoms with Crippen LogP contribution in [-0.2, 0) is 11.3 Å². The summed E-state index contributed by atoms with van der Waals surface area (Å²) in [5, 5.41) is 5.91. The Kier molecular flexibility index (Phi) is 5.80. The van der Waals surface area contributed by atoms with Crippen LogP contribution in [0.5, 0.6) is 0 Å². The molecule has 2 N–H and O–H groups in total. The summed E-state index contributed by atoms with van der Waals surface area (Å²) in [6, 6.07) is 24.0. The standard InChI is InChI=1S/C25H24N4O2/c1-17-12-14-19(15-13-17)25(31)26-18(2)24-28-21-10-6-7-11-22(21)29(24)16-23(30)27-20-8-4-3-5-9-20/h3-15,18H,16H2,1-2H3,(H,26,31)(H,27,30). The Morgan fingerprint density at radius 2 is 1.61 bits per heavy atom. The molecule has 0 aliphatic rings. The maximum absolute atomic E-state index is 12.7. The number of nitrogens with one attached hydrogen (secondary N) is 2. The van der Waals surface area contributed by atoms with Gasteiger partial charge in [0, 0.05) is 11.3 Å². The molecule has 0 fully saturated rings. The van der Waals surface area contributed by atoms with Crippen LogP contribution in [0.4, 0.5) is 5.69 Å². The molecular weight excluding hydrogens is 388 g/mol. The van der Waals surface area contributed by atoms with Gasteiger partial charge in [-0.05, 0) is 50.2 Å². The van der Waals surface area contributed by atoms with Crippen molar-refractivity contribution in [2.24, 2.45) is 0 Å². The number of fused-ring (bicyclic) bond motifs is 1. The van der Waals surface area contributed by atoms with E-state index in [1.54, 1.807) is 12.1 Å². The van der Waals surface area contributed by atoms with Gasteiger partial charge >= 0.3 is 0 Å². The maximum Gasteiger partial charge on any atom is 0.251 e. The van der Waals surface area contributed by atoms with Crippen molar-refractivity contribution in [3.05, 3.63) is 95.8 Å². The van der Waals surface area contributed by atoms with Gasteiger partial charge in [-0.3, -0.25) is 9.59 Å². The first-order valence-corrected chi connectivity index (χ1v) is 10.2. The minimum absolute atomic E-state index is 0.0927. The van der Waals surface area contributed by atoms with Gasteiger partial charge in [0.25, 0.3) is 5.91 Å². The van der Waals surface area contributed by atoms with Crippen LogP contribution in [0.15, 0.2) is 78.9 Å². The van der Waals surface area contributed by atoms with Gasteiger partial charge in [-0.15, -0.1) is 0 Å². The minimum atomic E-state index is -0.384. The van der Waals surface area contributed by atoms with Crippen LogP contribution >= 0.6 is 0 Å². The third-order valence-electron chi connectivity index (χ3n) is 5.09. The summed E-state index contributed by atoms with van der Waals surface area (Å²) in [5.74, 6) is 0.289. The number of imidazole rings is 1. The van der Waals surface area contributed by atoms with Crippen molar-refractivity contribution >= 4 is 28.5 Å². The first kappa shape index (κ1) is 20.3. The summed E-state index contributed by atoms with van der Waals surface area (Å²) in [6.07, 6.45) is 0. The summed E-state index contributed by atoms with van der Waals surface area (Å²) >= 11 is 0. The Bertz CT molecular complexity index is 1210. The molecule has 0 spiro atoms. The van der Waals surface area contributed by atoms with Gasteiger partial charge in [-0.25, -0.2) is 4.98 Å². The molecule has 1 aromatic heterocycles. The third-order valence-corrected chi connectivity index (χ3v) is 5.09. The molecular formula is C25H24N4O2. The fourth-order valence-electron chi connectivity index (χ4n) is 3.51. The van der Waals surface area contributed by atoms with Crippen LogP contribution in [-0.4, -0.2) is 21.4 Å². The van der Waals surface area contributed by atoms with E-state index >= 15 is 0 Å². The van der Waals surface area contributed by atoms with Gasteiger partial charge in [-0.1, -0.05) is 48.0 Å². The second kappa shape index (κ2) is 8.83. The lowest BCUT2D eigenvalue weighted by molar-refractivity contribution is -0.116. The van der Waals surface area contributed by atoms with Gasteiger partial charge in [0.05, 0.1) is 17.1 Å². The highest BCUT2D eigenvalue weighted by molar-refractivity contribution is 5.94. The van der Waals surface area contributed by atoms with E-state index in [9.17, 15) is 9.59 Å². The Labute approximate surface area is 180 Å². The van der Waals surface area contributed by atoms with E-state index in [1.807, 2.05) is 85.1 Å². The van der Waals surface area contributed by atoms with E-state index in [0.29, 0.717) is 11.4 Å². The summed E-state index contributed by atoms with van der Waals surface area (Å²) in [6.45, 7) is 3.95. The normalized spacial score (nSPS) is 11.8. The molecule has 6 heteroatoms. The highest BCUT2D eigenvalue weighted by Gasteiger charge is 2.20. The highest BCUT2D eigenvalue weighted by Crippen LogP contribution is 2.21. The first-order valence-electron chi connectivity index (χ1n) is 10.2. The Morgan fingerprint density at radius 3 is 2.35 bits per heavy atom. The van der Waals surface area contributed by atoms with Gasteiger partial charge in [0.15, 0.2) is 0 Å². The lowest BCUT2D eigenvalue weighted by Crippen LogP contribution is -2.30. The lowest BCUT2D eigenvalue weighted by Gasteiger charge is -2.16. The fourth-order valence-corrected chi connectivity index (χ4v) is 3.51. The molecule has 31 heavy (non-hydrogen) atoms. The van der Waals surface area contributed by atoms with Crippen LogP contribution in [0, 0.1) is 6.92 Å². The molecule has 0 aliphatic carbocycles. The van der Waals surface area contributed by atoms with Crippen LogP contribution in [0.1, 0.15) is 34.7 Å². The molecule has 1 atom stereocenters. The Hall–Kier alpha value is -3.93. The molecule has 6 nitrogen and oxygen atoms in total. The molecule has 0 aliphatic heterocycles. The molecule has 0 saturated heterocycles. The Morgan fingerprint density at radius 1 is 0.935 bits per heavy atom. The van der Waals surface area contributed by atoms with E-state index < -0.39 is 0 Å². The number of aromatic nitrogens is 2. The predicted molar refractivity (Wildman–Crippen MR) is 122 cm³/mol. The van der Waals surface area contributed by atoms with Crippen molar-refractivity contribution in [3.8, 4) is 0 Å². The monoisotopic (exact) mass is 412 g/mol. The van der Waals surface area contributed by atoms with Crippen molar-refractivity contribution < 1.29 is 9.59 Å². The second-order valence-electron chi connectivity index (χ2n) is 7.52. The predicted octanol–water partition coefficient (Wildman–Crippen LogP) is 4.47. The van der Waals surface area contributed by atoms with Gasteiger partial charge < -0.3 is 15.2 Å². The molecule has 0 radical (unpaired) electrons. The molecule has 156 valence electrons. The van der Waals surface area contributed by atoms with E-state index in [0.717, 1.165) is 22.3 Å². The lowest BCUT2D eigenvalue weighted by atomic mass is 10.1. The van der Waals surface area contributed by atoms with E-state index in [2.05, 4.69) is 10.6 Å². The number of carbonyl (C=O) groups excluding carboxylic acids is 2. The molecule has 3 aromatic carbocycles. The summed E-state index contributed by atoms with van der Waals surface area (Å²) in [5.41, 5.74) is 4.04. The van der Waals surface area contributed by atoms with Crippen molar-refractivity contribution in [1.29, 1.82) is 0 Å². The summed E-state index contributed by atoms with van der Waals surface area (Å²) in [7, 11) is 0. The molecule has 1 heterocycles. The van der Waals surface area contributed by atoms with Crippen molar-refractivity contribution in [2.45, 2.75) is 26.4 Å². The first-order chi connectivity index (χ1) is 15.0. The van der Waals surface area contributed by atoms with Crippen molar-refractivity contribution in [2.75, 3.05) is 5.32 Å². The summed E-state index contributed by atoms with van der Waals surface area (Å²) < 4.78 is 1.85. The highest BCUT2D eigenvalue weighted by atomic mass is 16.2. The van der Waals surface area contributed by atoms with Gasteiger partial charge in [0.2, 0.25) is 5.91 Å². The SMILES string of the molecule is Cc1ccc(C(=O)NC(C)c2nc3ccccc3n2CC(=O)Nc2ccccc2)cc1. The number of anilines is 1. The van der Waals surface area contributed by atoms with Crippen LogP contribution in [0.2, 0.25) is 0 Å². The van der Waals surface area contributed by atoms with Crippen molar-refractivity contribution in [3.63, 3.8) is 0 Å². The molecule has 2 amide bonds. The number of rotatable bonds is 6. The number of para-hydroxylation sites is 3. The zero-order valence-electron chi connectivity index (χ0n) is 17.5. The average Bonchev–Trinajstić information content (AvgIpc) is 3.13. The van der Waals surface area contributed by atoms with E-state index in [1.165, 1.54) is 0 Å². The second-order valence-corrected chi connectivity index (χ2v) is 7.52. The number of aryl methyl sites for hydroxylation is 1. The number of benzene rings is 3. The topological polar surface area (TPSA) is 76.0 Å². The fraction of sp³-hybridized carbons (Fsp3) is 0.160. The minimum Gasteiger partial charge on any atom is -0.342 e. The third kappa shape index (κ3) is 4.64. The summed E-state index contributed by atoms with van der Waals surface area (Å²) in [4.78, 5) is 30.1. The maximum atomic E-state index is 12.7. The number of hydrogen-bond donors (Lipinski definition) is 2.